The van der Waals surface area contributed by atoms with Crippen LogP contribution in [0.4, 0.5) is 28.4 Å². The van der Waals surface area contributed by atoms with Crippen molar-refractivity contribution in [3.8, 4) is 22.3 Å². The van der Waals surface area contributed by atoms with Crippen molar-refractivity contribution in [1.82, 2.24) is 4.40 Å². The molecule has 4 heterocycles. The first kappa shape index (κ1) is 45.9. The fraction of sp³-hybridized carbons (Fsp3) is 0.127. The lowest BCUT2D eigenvalue weighted by molar-refractivity contribution is 0.590. The minimum atomic E-state index is 0.0468. The summed E-state index contributed by atoms with van der Waals surface area (Å²) in [6, 6.07) is 82.7. The van der Waals surface area contributed by atoms with E-state index in [9.17, 15) is 0 Å². The average molecular weight is 1000 g/mol. The van der Waals surface area contributed by atoms with Crippen molar-refractivity contribution in [3.63, 3.8) is 0 Å². The molecule has 368 valence electrons. The van der Waals surface area contributed by atoms with Crippen LogP contribution in [0.5, 0.6) is 0 Å². The van der Waals surface area contributed by atoms with Crippen molar-refractivity contribution >= 4 is 109 Å². The van der Waals surface area contributed by atoms with E-state index in [-0.39, 0.29) is 10.8 Å². The highest BCUT2D eigenvalue weighted by atomic mass is 32.1. The first-order valence-electron chi connectivity index (χ1n) is 26.5. The van der Waals surface area contributed by atoms with E-state index in [4.69, 9.17) is 4.42 Å². The zero-order valence-corrected chi connectivity index (χ0v) is 44.5. The number of fused-ring (bicyclic) bond motifs is 11. The molecule has 0 radical (unpaired) electrons. The van der Waals surface area contributed by atoms with Gasteiger partial charge in [0.25, 0.3) is 0 Å². The molecule has 0 aliphatic heterocycles. The van der Waals surface area contributed by atoms with E-state index in [1.165, 1.54) is 91.7 Å². The van der Waals surface area contributed by atoms with E-state index in [1.807, 2.05) is 11.3 Å². The van der Waals surface area contributed by atoms with Crippen LogP contribution >= 0.6 is 11.3 Å². The lowest BCUT2D eigenvalue weighted by Crippen LogP contribution is -2.17. The Kier molecular flexibility index (Phi) is 10.6. The van der Waals surface area contributed by atoms with E-state index < -0.39 is 0 Å². The Labute approximate surface area is 447 Å². The Balaban J connectivity index is 0.915. The van der Waals surface area contributed by atoms with Gasteiger partial charge in [0.1, 0.15) is 10.4 Å². The van der Waals surface area contributed by atoms with Crippen LogP contribution in [0.3, 0.4) is 0 Å². The summed E-state index contributed by atoms with van der Waals surface area (Å²) in [5, 5.41) is 9.80. The van der Waals surface area contributed by atoms with Gasteiger partial charge in [-0.05, 0) is 139 Å². The third kappa shape index (κ3) is 7.63. The summed E-state index contributed by atoms with van der Waals surface area (Å²) in [7, 11) is 0. The van der Waals surface area contributed by atoms with Crippen LogP contribution in [-0.2, 0) is 17.4 Å². The number of benzene rings is 10. The fourth-order valence-corrected chi connectivity index (χ4v) is 12.9. The number of hydrogen-bond donors (Lipinski definition) is 0. The average Bonchev–Trinajstić information content (AvgIpc) is 4.39. The summed E-state index contributed by atoms with van der Waals surface area (Å²) in [6.07, 6.45) is 0. The third-order valence-electron chi connectivity index (χ3n) is 15.7. The minimum Gasteiger partial charge on any atom is -0.439 e. The Hall–Kier alpha value is -8.64. The van der Waals surface area contributed by atoms with Gasteiger partial charge < -0.3 is 14.2 Å². The van der Waals surface area contributed by atoms with E-state index in [2.05, 4.69) is 280 Å². The van der Waals surface area contributed by atoms with Crippen LogP contribution < -0.4 is 9.80 Å². The number of anilines is 5. The molecule has 14 rings (SSSR count). The lowest BCUT2D eigenvalue weighted by atomic mass is 9.87. The molecule has 5 heteroatoms. The van der Waals surface area contributed by atoms with E-state index in [0.717, 1.165) is 45.1 Å². The maximum Gasteiger partial charge on any atom is 0.214 e. The number of rotatable bonds is 9. The maximum absolute atomic E-state index is 6.99. The Morgan fingerprint density at radius 1 is 0.421 bits per heavy atom. The second-order valence-electron chi connectivity index (χ2n) is 22.6. The highest BCUT2D eigenvalue weighted by Gasteiger charge is 2.28. The molecular weight excluding hydrogens is 943 g/mol. The van der Waals surface area contributed by atoms with Gasteiger partial charge in [0, 0.05) is 66.6 Å². The number of thiophene rings is 1. The zero-order chi connectivity index (χ0) is 51.5. The number of nitrogens with zero attached hydrogens (tertiary/aromatic N) is 3. The molecule has 4 nitrogen and oxygen atoms in total. The Morgan fingerprint density at radius 2 is 0.947 bits per heavy atom. The molecule has 0 bridgehead atoms. The molecule has 0 aliphatic rings. The normalized spacial score (nSPS) is 12.4. The summed E-state index contributed by atoms with van der Waals surface area (Å²) in [4.78, 5) is 6.08. The highest BCUT2D eigenvalue weighted by molar-refractivity contribution is 7.26. The van der Waals surface area contributed by atoms with E-state index in [0.29, 0.717) is 6.54 Å². The van der Waals surface area contributed by atoms with Crippen LogP contribution in [0, 0.1) is 0 Å². The molecule has 0 aliphatic carbocycles. The molecule has 0 saturated carbocycles. The lowest BCUT2D eigenvalue weighted by Gasteiger charge is -2.27. The summed E-state index contributed by atoms with van der Waals surface area (Å²) < 4.78 is 10.7. The smallest absolute Gasteiger partial charge is 0.214 e. The Bertz CT molecular complexity index is 4460. The van der Waals surface area contributed by atoms with Crippen LogP contribution in [0.25, 0.3) is 91.7 Å². The summed E-state index contributed by atoms with van der Waals surface area (Å²) in [6.45, 7) is 14.3. The predicted octanol–water partition coefficient (Wildman–Crippen LogP) is 20.7. The van der Waals surface area contributed by atoms with Gasteiger partial charge in [0.2, 0.25) is 5.71 Å². The quantitative estimate of drug-likeness (QED) is 0.144. The molecule has 0 atom stereocenters. The highest BCUT2D eigenvalue weighted by Crippen LogP contribution is 2.50. The minimum absolute atomic E-state index is 0.0468. The first-order chi connectivity index (χ1) is 36.9. The van der Waals surface area contributed by atoms with Gasteiger partial charge in [-0.15, -0.1) is 11.3 Å². The zero-order valence-electron chi connectivity index (χ0n) is 43.7. The molecule has 0 unspecified atom stereocenters. The predicted molar refractivity (Wildman–Crippen MR) is 325 cm³/mol. The number of hydrogen-bond acceptors (Lipinski definition) is 4. The van der Waals surface area contributed by atoms with Crippen LogP contribution in [0.1, 0.15) is 58.2 Å². The van der Waals surface area contributed by atoms with Crippen molar-refractivity contribution in [2.75, 3.05) is 9.80 Å². The summed E-state index contributed by atoms with van der Waals surface area (Å²) in [5.41, 5.74) is 17.5. The van der Waals surface area contributed by atoms with Crippen molar-refractivity contribution < 1.29 is 4.42 Å². The molecule has 0 N–H and O–H groups in total. The topological polar surface area (TPSA) is 24.0 Å². The van der Waals surface area contributed by atoms with Gasteiger partial charge in [0.15, 0.2) is 0 Å². The molecule has 14 aromatic rings. The molecule has 4 aromatic heterocycles. The second kappa shape index (κ2) is 17.5. The summed E-state index contributed by atoms with van der Waals surface area (Å²) >= 11 is 1.87. The van der Waals surface area contributed by atoms with Gasteiger partial charge >= 0.3 is 0 Å². The third-order valence-corrected chi connectivity index (χ3v) is 16.9. The molecule has 0 saturated heterocycles. The summed E-state index contributed by atoms with van der Waals surface area (Å²) in [5.74, 6) is 0. The standard InChI is InChI=1S/C71H57N3OS/c1-70(2,3)52-27-36-55(37-28-52)72(54-31-21-47(22-32-54)45-15-9-7-10-16-45)44-50-26-40-60-65-61-42-49-25-35-58(41-51(49)43-63(61)76-69(65)74-67(60)64(50)66-59-19-13-14-20-62(59)75-68(66)74)73(57-38-29-53(30-39-57)71(4,5)6)56-33-23-48(24-34-56)46-17-11-8-12-18-46/h7-43H,44H2,1-6H3. The first-order valence-corrected chi connectivity index (χ1v) is 27.3. The molecule has 0 spiro atoms. The van der Waals surface area contributed by atoms with Crippen molar-refractivity contribution in [3.05, 3.63) is 241 Å². The second-order valence-corrected chi connectivity index (χ2v) is 23.6. The van der Waals surface area contributed by atoms with Crippen LogP contribution in [0.15, 0.2) is 229 Å². The fourth-order valence-electron chi connectivity index (χ4n) is 11.7. The molecule has 10 aromatic carbocycles. The van der Waals surface area contributed by atoms with Crippen molar-refractivity contribution in [2.45, 2.75) is 58.9 Å². The van der Waals surface area contributed by atoms with Gasteiger partial charge in [0.05, 0.1) is 10.9 Å². The van der Waals surface area contributed by atoms with Crippen LogP contribution in [0.2, 0.25) is 0 Å². The van der Waals surface area contributed by atoms with Gasteiger partial charge in [-0.2, -0.15) is 0 Å². The van der Waals surface area contributed by atoms with E-state index in [1.54, 1.807) is 0 Å². The van der Waals surface area contributed by atoms with E-state index >= 15 is 0 Å². The molecular formula is C71H57N3OS. The van der Waals surface area contributed by atoms with Gasteiger partial charge in [-0.1, -0.05) is 187 Å². The van der Waals surface area contributed by atoms with Crippen LogP contribution in [-0.4, -0.2) is 4.40 Å². The molecule has 0 fully saturated rings. The SMILES string of the molecule is CC(C)(C)c1ccc(N(Cc2ccc3c4c5cc6ccc(N(c7ccc(-c8ccccc8)cc7)c7ccc(C(C)(C)C)cc7)cc6cc5sc4n4c5oc6ccccc6c5c2c34)c2ccc(-c3ccccc3)cc2)cc1. The van der Waals surface area contributed by atoms with Gasteiger partial charge in [-0.25, -0.2) is 0 Å². The Morgan fingerprint density at radius 3 is 1.55 bits per heavy atom. The van der Waals surface area contributed by atoms with Gasteiger partial charge in [-0.3, -0.25) is 4.40 Å². The maximum atomic E-state index is 6.99. The molecule has 0 amide bonds. The number of para-hydroxylation sites is 1. The monoisotopic (exact) mass is 999 g/mol. The van der Waals surface area contributed by atoms with Crippen molar-refractivity contribution in [2.24, 2.45) is 0 Å². The molecule has 76 heavy (non-hydrogen) atoms. The number of furan rings is 1. The largest absolute Gasteiger partial charge is 0.439 e. The number of aromatic nitrogens is 1. The van der Waals surface area contributed by atoms with Crippen molar-refractivity contribution in [1.29, 1.82) is 0 Å².